The minimum Gasteiger partial charge on any atom is -0.305 e. The molecule has 1 aliphatic heterocycles. The molecule has 1 amide bonds. The monoisotopic (exact) mass is 433 g/mol. The van der Waals surface area contributed by atoms with Crippen LogP contribution in [-0.4, -0.2) is 38.0 Å². The van der Waals surface area contributed by atoms with Crippen molar-refractivity contribution in [2.24, 2.45) is 0 Å². The third kappa shape index (κ3) is 3.90. The van der Waals surface area contributed by atoms with Crippen molar-refractivity contribution in [2.45, 2.75) is 25.6 Å². The van der Waals surface area contributed by atoms with E-state index in [4.69, 9.17) is 0 Å². The topological polar surface area (TPSA) is 81.0 Å². The Morgan fingerprint density at radius 1 is 1.16 bits per heavy atom. The number of aromatic nitrogens is 4. The largest absolute Gasteiger partial charge is 0.416 e. The lowest BCUT2D eigenvalue weighted by Gasteiger charge is -2.32. The Morgan fingerprint density at radius 3 is 2.52 bits per heavy atom. The first kappa shape index (κ1) is 20.6. The molecule has 0 spiro atoms. The summed E-state index contributed by atoms with van der Waals surface area (Å²) in [5.74, 6) is -1.94. The van der Waals surface area contributed by atoms with Crippen LogP contribution in [0, 0.1) is 5.95 Å². The van der Waals surface area contributed by atoms with E-state index in [9.17, 15) is 27.2 Å². The molecule has 0 bridgehead atoms. The van der Waals surface area contributed by atoms with Gasteiger partial charge in [0, 0.05) is 24.2 Å². The Labute approximate surface area is 173 Å². The van der Waals surface area contributed by atoms with E-state index in [2.05, 4.69) is 15.1 Å². The van der Waals surface area contributed by atoms with Gasteiger partial charge in [0.2, 0.25) is 5.95 Å². The molecule has 1 aliphatic rings. The van der Waals surface area contributed by atoms with Gasteiger partial charge in [-0.3, -0.25) is 19.3 Å². The van der Waals surface area contributed by atoms with Crippen LogP contribution < -0.4 is 4.90 Å². The number of hydrogen-bond acceptors (Lipinski definition) is 5. The molecule has 11 heteroatoms. The van der Waals surface area contributed by atoms with Gasteiger partial charge in [-0.15, -0.1) is 0 Å². The lowest BCUT2D eigenvalue weighted by Crippen LogP contribution is -2.43. The van der Waals surface area contributed by atoms with Crippen LogP contribution in [-0.2, 0) is 12.6 Å². The first-order valence-corrected chi connectivity index (χ1v) is 9.21. The summed E-state index contributed by atoms with van der Waals surface area (Å²) in [6.07, 6.45) is -1.37. The maximum absolute atomic E-state index is 13.3. The van der Waals surface area contributed by atoms with Crippen molar-refractivity contribution in [2.75, 3.05) is 11.4 Å². The van der Waals surface area contributed by atoms with Crippen molar-refractivity contribution >= 4 is 17.4 Å². The van der Waals surface area contributed by atoms with Gasteiger partial charge in [-0.2, -0.15) is 22.7 Å². The molecule has 4 rings (SSSR count). The standard InChI is InChI=1S/C20H15F4N5O2/c1-11-10-28(14-4-2-13(3-5-14)20(22,23)24)19(31)18-12(7-26-29(11)18)6-16(30)15-8-25-9-17(21)27-15/h2-5,7-9,11H,6,10H2,1H3/t11-/m0/s1. The van der Waals surface area contributed by atoms with Crippen molar-refractivity contribution in [1.29, 1.82) is 0 Å². The number of fused-ring (bicyclic) bond motifs is 1. The number of amides is 1. The van der Waals surface area contributed by atoms with E-state index < -0.39 is 29.4 Å². The molecule has 0 saturated heterocycles. The number of carbonyl (C=O) groups is 2. The number of anilines is 1. The molecule has 31 heavy (non-hydrogen) atoms. The van der Waals surface area contributed by atoms with Crippen molar-refractivity contribution < 1.29 is 27.2 Å². The lowest BCUT2D eigenvalue weighted by molar-refractivity contribution is -0.137. The second kappa shape index (κ2) is 7.56. The molecule has 0 unspecified atom stereocenters. The molecule has 0 aliphatic carbocycles. The minimum atomic E-state index is -4.48. The van der Waals surface area contributed by atoms with Gasteiger partial charge in [-0.25, -0.2) is 4.98 Å². The Bertz CT molecular complexity index is 1160. The molecule has 160 valence electrons. The SMILES string of the molecule is C[C@H]1CN(c2ccc(C(F)(F)F)cc2)C(=O)c2c(CC(=O)c3cncc(F)n3)cnn21. The molecular weight excluding hydrogens is 418 g/mol. The van der Waals surface area contributed by atoms with Crippen molar-refractivity contribution in [1.82, 2.24) is 19.7 Å². The molecule has 0 radical (unpaired) electrons. The van der Waals surface area contributed by atoms with Crippen LogP contribution in [0.1, 0.15) is 45.1 Å². The zero-order valence-electron chi connectivity index (χ0n) is 16.1. The third-order valence-electron chi connectivity index (χ3n) is 4.93. The zero-order valence-corrected chi connectivity index (χ0v) is 16.1. The maximum atomic E-state index is 13.3. The zero-order chi connectivity index (χ0) is 22.3. The molecule has 2 aromatic heterocycles. The number of halogens is 4. The predicted octanol–water partition coefficient (Wildman–Crippen LogP) is 3.48. The summed E-state index contributed by atoms with van der Waals surface area (Å²) in [6.45, 7) is 1.99. The second-order valence-corrected chi connectivity index (χ2v) is 7.10. The fraction of sp³-hybridized carbons (Fsp3) is 0.250. The second-order valence-electron chi connectivity index (χ2n) is 7.10. The molecule has 7 nitrogen and oxygen atoms in total. The molecule has 0 N–H and O–H groups in total. The van der Waals surface area contributed by atoms with Gasteiger partial charge in [0.15, 0.2) is 5.78 Å². The number of rotatable bonds is 4. The summed E-state index contributed by atoms with van der Waals surface area (Å²) in [4.78, 5) is 34.1. The Balaban J connectivity index is 1.63. The minimum absolute atomic E-state index is 0.149. The van der Waals surface area contributed by atoms with Crippen LogP contribution in [0.3, 0.4) is 0 Å². The van der Waals surface area contributed by atoms with Crippen LogP contribution in [0.5, 0.6) is 0 Å². The number of benzene rings is 1. The number of alkyl halides is 3. The van der Waals surface area contributed by atoms with Crippen LogP contribution in [0.4, 0.5) is 23.2 Å². The molecule has 3 heterocycles. The molecule has 0 fully saturated rings. The first-order valence-electron chi connectivity index (χ1n) is 9.21. The van der Waals surface area contributed by atoms with Crippen LogP contribution in [0.15, 0.2) is 42.9 Å². The van der Waals surface area contributed by atoms with Gasteiger partial charge in [0.25, 0.3) is 5.91 Å². The molecule has 3 aromatic rings. The van der Waals surface area contributed by atoms with Gasteiger partial charge in [-0.1, -0.05) is 0 Å². The maximum Gasteiger partial charge on any atom is 0.416 e. The van der Waals surface area contributed by atoms with Crippen LogP contribution >= 0.6 is 0 Å². The highest BCUT2D eigenvalue weighted by molar-refractivity contribution is 6.08. The van der Waals surface area contributed by atoms with E-state index in [1.165, 1.54) is 27.9 Å². The highest BCUT2D eigenvalue weighted by Gasteiger charge is 2.35. The highest BCUT2D eigenvalue weighted by atomic mass is 19.4. The quantitative estimate of drug-likeness (QED) is 0.465. The van der Waals surface area contributed by atoms with E-state index in [-0.39, 0.29) is 30.4 Å². The number of ketones is 1. The summed E-state index contributed by atoms with van der Waals surface area (Å²) >= 11 is 0. The third-order valence-corrected chi connectivity index (χ3v) is 4.93. The van der Waals surface area contributed by atoms with Gasteiger partial charge < -0.3 is 4.90 Å². The Morgan fingerprint density at radius 2 is 1.87 bits per heavy atom. The van der Waals surface area contributed by atoms with Gasteiger partial charge in [-0.05, 0) is 31.2 Å². The fourth-order valence-electron chi connectivity index (χ4n) is 3.44. The molecule has 0 saturated carbocycles. The lowest BCUT2D eigenvalue weighted by atomic mass is 10.0. The van der Waals surface area contributed by atoms with Crippen LogP contribution in [0.25, 0.3) is 0 Å². The summed E-state index contributed by atoms with van der Waals surface area (Å²) in [5.41, 5.74) is -0.247. The van der Waals surface area contributed by atoms with E-state index in [1.54, 1.807) is 6.92 Å². The summed E-state index contributed by atoms with van der Waals surface area (Å²) < 4.78 is 53.3. The highest BCUT2D eigenvalue weighted by Crippen LogP contribution is 2.33. The van der Waals surface area contributed by atoms with E-state index in [0.717, 1.165) is 24.5 Å². The number of carbonyl (C=O) groups excluding carboxylic acids is 2. The molecular formula is C20H15F4N5O2. The number of Topliss-reactive ketones (excluding diaryl/α,β-unsaturated/α-hetero) is 1. The van der Waals surface area contributed by atoms with Crippen molar-refractivity contribution in [3.05, 3.63) is 71.3 Å². The van der Waals surface area contributed by atoms with Crippen molar-refractivity contribution in [3.63, 3.8) is 0 Å². The van der Waals surface area contributed by atoms with Gasteiger partial charge in [0.05, 0.1) is 30.2 Å². The Hall–Kier alpha value is -3.63. The summed E-state index contributed by atoms with van der Waals surface area (Å²) in [5, 5.41) is 4.19. The smallest absolute Gasteiger partial charge is 0.305 e. The van der Waals surface area contributed by atoms with Crippen molar-refractivity contribution in [3.8, 4) is 0 Å². The summed E-state index contributed by atoms with van der Waals surface area (Å²) in [7, 11) is 0. The first-order chi connectivity index (χ1) is 14.6. The Kier molecular flexibility index (Phi) is 5.03. The van der Waals surface area contributed by atoms with E-state index in [1.807, 2.05) is 0 Å². The number of nitrogens with zero attached hydrogens (tertiary/aromatic N) is 5. The van der Waals surface area contributed by atoms with E-state index >= 15 is 0 Å². The van der Waals surface area contributed by atoms with Crippen LogP contribution in [0.2, 0.25) is 0 Å². The van der Waals surface area contributed by atoms with Gasteiger partial charge in [0.1, 0.15) is 11.4 Å². The van der Waals surface area contributed by atoms with Gasteiger partial charge >= 0.3 is 6.18 Å². The number of hydrogen-bond donors (Lipinski definition) is 0. The average molecular weight is 433 g/mol. The normalized spacial score (nSPS) is 16.4. The molecule has 1 atom stereocenters. The predicted molar refractivity (Wildman–Crippen MR) is 100 cm³/mol. The average Bonchev–Trinajstić information content (AvgIpc) is 3.14. The molecule has 1 aromatic carbocycles. The van der Waals surface area contributed by atoms with E-state index in [0.29, 0.717) is 11.3 Å². The fourth-order valence-corrected chi connectivity index (χ4v) is 3.44. The summed E-state index contributed by atoms with van der Waals surface area (Å²) in [6, 6.07) is 3.99.